The van der Waals surface area contributed by atoms with Crippen molar-refractivity contribution in [2.75, 3.05) is 0 Å². The van der Waals surface area contributed by atoms with Crippen LogP contribution in [0.2, 0.25) is 10.0 Å². The molecule has 0 radical (unpaired) electrons. The molecule has 5 heteroatoms. The first-order valence-corrected chi connectivity index (χ1v) is 5.09. The number of carbonyl (C=O) groups is 1. The van der Waals surface area contributed by atoms with Crippen LogP contribution in [-0.2, 0) is 9.78 Å². The van der Waals surface area contributed by atoms with Crippen LogP contribution < -0.4 is 0 Å². The normalized spacial score (nSPS) is 10.5. The highest BCUT2D eigenvalue weighted by molar-refractivity contribution is 6.36. The van der Waals surface area contributed by atoms with E-state index in [1.54, 1.807) is 19.9 Å². The zero-order valence-corrected chi connectivity index (χ0v) is 9.80. The highest BCUT2D eigenvalue weighted by Gasteiger charge is 2.13. The molecule has 15 heavy (non-hydrogen) atoms. The largest absolute Gasteiger partial charge is 0.374 e. The fourth-order valence-corrected chi connectivity index (χ4v) is 1.33. The van der Waals surface area contributed by atoms with Gasteiger partial charge in [0, 0.05) is 5.02 Å². The Morgan fingerprint density at radius 1 is 1.33 bits per heavy atom. The Morgan fingerprint density at radius 2 is 2.00 bits per heavy atom. The Labute approximate surface area is 97.8 Å². The summed E-state index contributed by atoms with van der Waals surface area (Å²) < 4.78 is 0. The minimum absolute atomic E-state index is 0.194. The zero-order valence-electron chi connectivity index (χ0n) is 8.29. The third-order valence-electron chi connectivity index (χ3n) is 1.47. The molecule has 0 saturated carbocycles. The van der Waals surface area contributed by atoms with E-state index < -0.39 is 5.97 Å². The minimum atomic E-state index is -0.634. The SMILES string of the molecule is CC(C)OOC(=O)c1ccc(Cl)cc1Cl. The molecule has 1 aromatic carbocycles. The van der Waals surface area contributed by atoms with Gasteiger partial charge in [-0.25, -0.2) is 4.79 Å². The van der Waals surface area contributed by atoms with Gasteiger partial charge in [0.2, 0.25) is 0 Å². The van der Waals surface area contributed by atoms with Crippen LogP contribution >= 0.6 is 23.2 Å². The van der Waals surface area contributed by atoms with Crippen molar-refractivity contribution in [2.24, 2.45) is 0 Å². The third kappa shape index (κ3) is 3.70. The Balaban J connectivity index is 2.74. The first-order valence-electron chi connectivity index (χ1n) is 4.33. The number of hydrogen-bond acceptors (Lipinski definition) is 3. The number of halogens is 2. The average Bonchev–Trinajstić information content (AvgIpc) is 2.14. The maximum absolute atomic E-state index is 11.4. The lowest BCUT2D eigenvalue weighted by atomic mass is 10.2. The number of benzene rings is 1. The molecule has 0 fully saturated rings. The maximum Gasteiger partial charge on any atom is 0.374 e. The van der Waals surface area contributed by atoms with Gasteiger partial charge >= 0.3 is 5.97 Å². The van der Waals surface area contributed by atoms with Crippen molar-refractivity contribution in [3.63, 3.8) is 0 Å². The lowest BCUT2D eigenvalue weighted by molar-refractivity contribution is -0.265. The van der Waals surface area contributed by atoms with E-state index in [1.807, 2.05) is 0 Å². The van der Waals surface area contributed by atoms with E-state index in [9.17, 15) is 4.79 Å². The van der Waals surface area contributed by atoms with E-state index in [0.717, 1.165) is 0 Å². The molecule has 0 heterocycles. The van der Waals surface area contributed by atoms with Gasteiger partial charge in [-0.1, -0.05) is 23.2 Å². The lowest BCUT2D eigenvalue weighted by Gasteiger charge is -2.07. The molecule has 1 rings (SSSR count). The van der Waals surface area contributed by atoms with E-state index in [0.29, 0.717) is 5.02 Å². The molecule has 0 aliphatic heterocycles. The summed E-state index contributed by atoms with van der Waals surface area (Å²) in [6.07, 6.45) is -0.194. The Kier molecular flexibility index (Phi) is 4.39. The highest BCUT2D eigenvalue weighted by atomic mass is 35.5. The van der Waals surface area contributed by atoms with Crippen LogP contribution in [0.5, 0.6) is 0 Å². The van der Waals surface area contributed by atoms with Crippen molar-refractivity contribution in [1.29, 1.82) is 0 Å². The molecule has 0 spiro atoms. The second-order valence-electron chi connectivity index (χ2n) is 3.14. The molecular formula is C10H10Cl2O3. The van der Waals surface area contributed by atoms with Gasteiger partial charge in [0.25, 0.3) is 0 Å². The molecule has 0 saturated heterocycles. The van der Waals surface area contributed by atoms with Gasteiger partial charge in [-0.2, -0.15) is 4.89 Å². The summed E-state index contributed by atoms with van der Waals surface area (Å²) in [5, 5.41) is 0.696. The van der Waals surface area contributed by atoms with Crippen molar-refractivity contribution in [3.05, 3.63) is 33.8 Å². The van der Waals surface area contributed by atoms with Crippen LogP contribution in [0.3, 0.4) is 0 Å². The molecule has 0 aliphatic carbocycles. The molecule has 3 nitrogen and oxygen atoms in total. The minimum Gasteiger partial charge on any atom is -0.293 e. The zero-order chi connectivity index (χ0) is 11.4. The molecule has 0 unspecified atom stereocenters. The van der Waals surface area contributed by atoms with Crippen LogP contribution in [-0.4, -0.2) is 12.1 Å². The summed E-state index contributed by atoms with van der Waals surface area (Å²) >= 11 is 11.5. The molecule has 0 bridgehead atoms. The number of hydrogen-bond donors (Lipinski definition) is 0. The average molecular weight is 249 g/mol. The number of rotatable bonds is 3. The van der Waals surface area contributed by atoms with E-state index in [1.165, 1.54) is 12.1 Å². The summed E-state index contributed by atoms with van der Waals surface area (Å²) in [6, 6.07) is 4.51. The highest BCUT2D eigenvalue weighted by Crippen LogP contribution is 2.21. The van der Waals surface area contributed by atoms with E-state index in [2.05, 4.69) is 4.89 Å². The second kappa shape index (κ2) is 5.35. The van der Waals surface area contributed by atoms with Gasteiger partial charge in [0.05, 0.1) is 16.7 Å². The van der Waals surface area contributed by atoms with E-state index in [4.69, 9.17) is 28.1 Å². The predicted octanol–water partition coefficient (Wildman–Crippen LogP) is 3.49. The second-order valence-corrected chi connectivity index (χ2v) is 3.98. The van der Waals surface area contributed by atoms with Gasteiger partial charge in [-0.15, -0.1) is 0 Å². The Hall–Kier alpha value is -0.770. The molecular weight excluding hydrogens is 239 g/mol. The summed E-state index contributed by atoms with van der Waals surface area (Å²) in [6.45, 7) is 3.49. The van der Waals surface area contributed by atoms with Gasteiger partial charge in [0.15, 0.2) is 0 Å². The smallest absolute Gasteiger partial charge is 0.293 e. The molecule has 0 amide bonds. The van der Waals surface area contributed by atoms with Crippen molar-refractivity contribution < 1.29 is 14.6 Å². The molecule has 1 aromatic rings. The van der Waals surface area contributed by atoms with Crippen LogP contribution in [0, 0.1) is 0 Å². The predicted molar refractivity (Wildman–Crippen MR) is 58.1 cm³/mol. The third-order valence-corrected chi connectivity index (χ3v) is 2.02. The molecule has 0 N–H and O–H groups in total. The van der Waals surface area contributed by atoms with Gasteiger partial charge in [-0.05, 0) is 32.0 Å². The summed E-state index contributed by atoms with van der Waals surface area (Å²) in [5.41, 5.74) is 0.224. The van der Waals surface area contributed by atoms with Gasteiger partial charge < -0.3 is 0 Å². The van der Waals surface area contributed by atoms with E-state index >= 15 is 0 Å². The van der Waals surface area contributed by atoms with Crippen LogP contribution in [0.25, 0.3) is 0 Å². The maximum atomic E-state index is 11.4. The molecule has 0 aromatic heterocycles. The monoisotopic (exact) mass is 248 g/mol. The summed E-state index contributed by atoms with van der Waals surface area (Å²) in [5.74, 6) is -0.634. The molecule has 0 aliphatic rings. The Morgan fingerprint density at radius 3 is 2.53 bits per heavy atom. The van der Waals surface area contributed by atoms with Crippen molar-refractivity contribution in [3.8, 4) is 0 Å². The van der Waals surface area contributed by atoms with Gasteiger partial charge in [0.1, 0.15) is 0 Å². The first-order chi connectivity index (χ1) is 7.00. The van der Waals surface area contributed by atoms with E-state index in [-0.39, 0.29) is 16.7 Å². The summed E-state index contributed by atoms with van der Waals surface area (Å²) in [7, 11) is 0. The number of carbonyl (C=O) groups excluding carboxylic acids is 1. The topological polar surface area (TPSA) is 35.5 Å². The van der Waals surface area contributed by atoms with Crippen LogP contribution in [0.1, 0.15) is 24.2 Å². The van der Waals surface area contributed by atoms with Crippen molar-refractivity contribution in [1.82, 2.24) is 0 Å². The fraction of sp³-hybridized carbons (Fsp3) is 0.300. The standard InChI is InChI=1S/C10H10Cl2O3/c1-6(2)14-15-10(13)8-4-3-7(11)5-9(8)12/h3-6H,1-2H3. The van der Waals surface area contributed by atoms with Gasteiger partial charge in [-0.3, -0.25) is 4.89 Å². The van der Waals surface area contributed by atoms with Crippen LogP contribution in [0.4, 0.5) is 0 Å². The van der Waals surface area contributed by atoms with Crippen molar-refractivity contribution >= 4 is 29.2 Å². The summed E-state index contributed by atoms with van der Waals surface area (Å²) in [4.78, 5) is 20.7. The molecule has 0 atom stereocenters. The molecule has 82 valence electrons. The lowest BCUT2D eigenvalue weighted by Crippen LogP contribution is -2.11. The first kappa shape index (κ1) is 12.3. The Bertz CT molecular complexity index is 364. The van der Waals surface area contributed by atoms with Crippen LogP contribution in [0.15, 0.2) is 18.2 Å². The quantitative estimate of drug-likeness (QED) is 0.607. The van der Waals surface area contributed by atoms with Crippen molar-refractivity contribution in [2.45, 2.75) is 20.0 Å². The fourth-order valence-electron chi connectivity index (χ4n) is 0.840.